The highest BCUT2D eigenvalue weighted by Gasteiger charge is 2.25. The van der Waals surface area contributed by atoms with E-state index in [1.165, 1.54) is 11.1 Å². The first kappa shape index (κ1) is 22.0. The van der Waals surface area contributed by atoms with Gasteiger partial charge in [0.15, 0.2) is 11.5 Å². The van der Waals surface area contributed by atoms with Crippen molar-refractivity contribution >= 4 is 21.6 Å². The van der Waals surface area contributed by atoms with Crippen molar-refractivity contribution in [2.24, 2.45) is 0 Å². The summed E-state index contributed by atoms with van der Waals surface area (Å²) in [6.45, 7) is 4.66. The van der Waals surface area contributed by atoms with E-state index in [1.807, 2.05) is 19.1 Å². The topological polar surface area (TPSA) is 84.9 Å². The van der Waals surface area contributed by atoms with Crippen LogP contribution in [0.4, 0.5) is 5.69 Å². The number of carbonyl (C=O) groups excluding carboxylic acids is 1. The molecule has 0 saturated carbocycles. The maximum Gasteiger partial charge on any atom is 0.240 e. The summed E-state index contributed by atoms with van der Waals surface area (Å²) in [7, 11) is -3.64. The number of anilines is 1. The van der Waals surface area contributed by atoms with E-state index in [0.29, 0.717) is 36.9 Å². The van der Waals surface area contributed by atoms with Crippen LogP contribution in [0, 0.1) is 6.92 Å². The largest absolute Gasteiger partial charge is 0.486 e. The predicted octanol–water partition coefficient (Wildman–Crippen LogP) is 2.67. The van der Waals surface area contributed by atoms with Crippen LogP contribution in [-0.2, 0) is 21.2 Å². The number of benzene rings is 2. The fourth-order valence-corrected chi connectivity index (χ4v) is 4.33. The van der Waals surface area contributed by atoms with Crippen molar-refractivity contribution in [3.8, 4) is 11.5 Å². The Hall–Kier alpha value is -2.74. The van der Waals surface area contributed by atoms with Crippen LogP contribution >= 0.6 is 0 Å². The Morgan fingerprint density at radius 1 is 1.10 bits per heavy atom. The summed E-state index contributed by atoms with van der Waals surface area (Å²) in [5, 5.41) is 2.83. The Bertz CT molecular complexity index is 991. The van der Waals surface area contributed by atoms with E-state index in [2.05, 4.69) is 17.4 Å². The van der Waals surface area contributed by atoms with Gasteiger partial charge in [0, 0.05) is 12.6 Å². The number of aryl methyl sites for hydroxylation is 2. The van der Waals surface area contributed by atoms with Gasteiger partial charge in [0.2, 0.25) is 15.9 Å². The van der Waals surface area contributed by atoms with Gasteiger partial charge in [-0.15, -0.1) is 0 Å². The average Bonchev–Trinajstić information content (AvgIpc) is 2.74. The number of ether oxygens (including phenoxy) is 2. The maximum absolute atomic E-state index is 12.6. The lowest BCUT2D eigenvalue weighted by molar-refractivity contribution is -0.119. The quantitative estimate of drug-likeness (QED) is 0.616. The van der Waals surface area contributed by atoms with E-state index < -0.39 is 10.0 Å². The minimum Gasteiger partial charge on any atom is -0.486 e. The highest BCUT2D eigenvalue weighted by molar-refractivity contribution is 7.92. The summed E-state index contributed by atoms with van der Waals surface area (Å²) in [5.41, 5.74) is 2.81. The van der Waals surface area contributed by atoms with Crippen molar-refractivity contribution in [1.82, 2.24) is 5.32 Å². The standard InChI is InChI=1S/C22H28N2O5S/c1-3-30(26,27)24(19-9-10-20-21(15-19)29-13-12-28-20)16-22(25)23-11-5-8-18-7-4-6-17(2)14-18/h4,6-7,9-10,14-15H,3,5,8,11-13,16H2,1-2H3,(H,23,25). The van der Waals surface area contributed by atoms with E-state index in [1.54, 1.807) is 25.1 Å². The number of hydrogen-bond donors (Lipinski definition) is 1. The summed E-state index contributed by atoms with van der Waals surface area (Å²) >= 11 is 0. The third kappa shape index (κ3) is 5.66. The highest BCUT2D eigenvalue weighted by Crippen LogP contribution is 2.34. The van der Waals surface area contributed by atoms with Crippen molar-refractivity contribution in [1.29, 1.82) is 0 Å². The summed E-state index contributed by atoms with van der Waals surface area (Å²) in [6.07, 6.45) is 1.63. The zero-order valence-corrected chi connectivity index (χ0v) is 18.2. The average molecular weight is 433 g/mol. The molecule has 162 valence electrons. The summed E-state index contributed by atoms with van der Waals surface area (Å²) in [5.74, 6) is 0.599. The molecule has 3 rings (SSSR count). The number of rotatable bonds is 9. The van der Waals surface area contributed by atoms with Crippen LogP contribution in [0.1, 0.15) is 24.5 Å². The smallest absolute Gasteiger partial charge is 0.240 e. The van der Waals surface area contributed by atoms with Crippen molar-refractivity contribution in [3.05, 3.63) is 53.6 Å². The van der Waals surface area contributed by atoms with Crippen LogP contribution in [0.5, 0.6) is 11.5 Å². The number of fused-ring (bicyclic) bond motifs is 1. The van der Waals surface area contributed by atoms with Crippen molar-refractivity contribution in [2.75, 3.05) is 36.4 Å². The number of hydrogen-bond acceptors (Lipinski definition) is 5. The molecule has 1 aliphatic rings. The molecule has 0 unspecified atom stereocenters. The van der Waals surface area contributed by atoms with Gasteiger partial charge in [-0.25, -0.2) is 8.42 Å². The SMILES string of the molecule is CCS(=O)(=O)N(CC(=O)NCCCc1cccc(C)c1)c1ccc2c(c1)OCCO2. The van der Waals surface area contributed by atoms with E-state index in [-0.39, 0.29) is 18.2 Å². The molecular formula is C22H28N2O5S. The molecular weight excluding hydrogens is 404 g/mol. The molecule has 1 amide bonds. The van der Waals surface area contributed by atoms with E-state index in [0.717, 1.165) is 17.1 Å². The summed E-state index contributed by atoms with van der Waals surface area (Å²) < 4.78 is 37.4. The van der Waals surface area contributed by atoms with Gasteiger partial charge < -0.3 is 14.8 Å². The second-order valence-corrected chi connectivity index (χ2v) is 9.36. The summed E-state index contributed by atoms with van der Waals surface area (Å²) in [6, 6.07) is 13.2. The molecule has 1 aliphatic heterocycles. The van der Waals surface area contributed by atoms with Crippen LogP contribution in [0.25, 0.3) is 0 Å². The van der Waals surface area contributed by atoms with Gasteiger partial charge in [0.25, 0.3) is 0 Å². The second kappa shape index (κ2) is 9.84. The lowest BCUT2D eigenvalue weighted by atomic mass is 10.1. The van der Waals surface area contributed by atoms with Crippen molar-refractivity contribution in [3.63, 3.8) is 0 Å². The zero-order valence-electron chi connectivity index (χ0n) is 17.4. The van der Waals surface area contributed by atoms with Gasteiger partial charge in [-0.05, 0) is 44.4 Å². The third-order valence-electron chi connectivity index (χ3n) is 4.85. The Morgan fingerprint density at radius 3 is 2.60 bits per heavy atom. The van der Waals surface area contributed by atoms with Crippen LogP contribution in [0.3, 0.4) is 0 Å². The first-order valence-corrected chi connectivity index (χ1v) is 11.7. The molecule has 0 bridgehead atoms. The number of sulfonamides is 1. The number of amides is 1. The monoisotopic (exact) mass is 432 g/mol. The maximum atomic E-state index is 12.6. The Morgan fingerprint density at radius 2 is 1.87 bits per heavy atom. The van der Waals surface area contributed by atoms with E-state index in [4.69, 9.17) is 9.47 Å². The van der Waals surface area contributed by atoms with Gasteiger partial charge in [0.05, 0.1) is 11.4 Å². The molecule has 30 heavy (non-hydrogen) atoms. The number of nitrogens with zero attached hydrogens (tertiary/aromatic N) is 1. The molecule has 0 saturated heterocycles. The molecule has 0 fully saturated rings. The Balaban J connectivity index is 1.61. The second-order valence-electron chi connectivity index (χ2n) is 7.18. The molecule has 8 heteroatoms. The minimum absolute atomic E-state index is 0.109. The Kier molecular flexibility index (Phi) is 7.20. The van der Waals surface area contributed by atoms with Gasteiger partial charge in [-0.2, -0.15) is 0 Å². The normalized spacial score (nSPS) is 13.0. The molecule has 1 N–H and O–H groups in total. The van der Waals surface area contributed by atoms with Crippen LogP contribution in [0.2, 0.25) is 0 Å². The van der Waals surface area contributed by atoms with Crippen LogP contribution in [0.15, 0.2) is 42.5 Å². The molecule has 7 nitrogen and oxygen atoms in total. The van der Waals surface area contributed by atoms with Crippen LogP contribution < -0.4 is 19.1 Å². The third-order valence-corrected chi connectivity index (χ3v) is 6.59. The van der Waals surface area contributed by atoms with Gasteiger partial charge in [-0.1, -0.05) is 29.8 Å². The predicted molar refractivity (Wildman–Crippen MR) is 117 cm³/mol. The first-order valence-electron chi connectivity index (χ1n) is 10.1. The van der Waals surface area contributed by atoms with Crippen LogP contribution in [-0.4, -0.2) is 46.4 Å². The minimum atomic E-state index is -3.64. The molecule has 0 atom stereocenters. The van der Waals surface area contributed by atoms with Crippen molar-refractivity contribution < 1.29 is 22.7 Å². The van der Waals surface area contributed by atoms with Gasteiger partial charge in [-0.3, -0.25) is 9.10 Å². The number of carbonyl (C=O) groups is 1. The fourth-order valence-electron chi connectivity index (χ4n) is 3.27. The van der Waals surface area contributed by atoms with Gasteiger partial charge in [0.1, 0.15) is 19.8 Å². The first-order chi connectivity index (χ1) is 14.4. The van der Waals surface area contributed by atoms with E-state index in [9.17, 15) is 13.2 Å². The number of nitrogens with one attached hydrogen (secondary N) is 1. The summed E-state index contributed by atoms with van der Waals surface area (Å²) in [4.78, 5) is 12.5. The molecule has 2 aromatic carbocycles. The molecule has 2 aromatic rings. The van der Waals surface area contributed by atoms with Crippen molar-refractivity contribution in [2.45, 2.75) is 26.7 Å². The molecule has 0 spiro atoms. The molecule has 0 aromatic heterocycles. The Labute approximate surface area is 178 Å². The lowest BCUT2D eigenvalue weighted by Crippen LogP contribution is -2.41. The molecule has 0 radical (unpaired) electrons. The molecule has 0 aliphatic carbocycles. The fraction of sp³-hybridized carbons (Fsp3) is 0.409. The highest BCUT2D eigenvalue weighted by atomic mass is 32.2. The van der Waals surface area contributed by atoms with Gasteiger partial charge >= 0.3 is 0 Å². The zero-order chi connectivity index (χ0) is 21.6. The molecule has 1 heterocycles. The lowest BCUT2D eigenvalue weighted by Gasteiger charge is -2.25. The van der Waals surface area contributed by atoms with E-state index >= 15 is 0 Å².